The molecule has 0 N–H and O–H groups in total. The van der Waals surface area contributed by atoms with Crippen molar-refractivity contribution in [1.29, 1.82) is 0 Å². The van der Waals surface area contributed by atoms with Crippen LogP contribution >= 0.6 is 0 Å². The summed E-state index contributed by atoms with van der Waals surface area (Å²) >= 11 is 0. The number of ketones is 2. The second-order valence-electron chi connectivity index (χ2n) is 9.01. The molecule has 152 valence electrons. The van der Waals surface area contributed by atoms with E-state index in [9.17, 15) is 9.59 Å². The molecule has 0 spiro atoms. The Morgan fingerprint density at radius 3 is 2.19 bits per heavy atom. The lowest BCUT2D eigenvalue weighted by Crippen LogP contribution is -2.11. The molecule has 0 saturated heterocycles. The molecule has 0 saturated carbocycles. The molecule has 5 rings (SSSR count). The molecule has 0 amide bonds. The summed E-state index contributed by atoms with van der Waals surface area (Å²) in [6, 6.07) is 22.8. The number of carbonyl (C=O) groups is 2. The van der Waals surface area contributed by atoms with Crippen molar-refractivity contribution in [2.45, 2.75) is 26.2 Å². The Morgan fingerprint density at radius 2 is 1.45 bits per heavy atom. The minimum atomic E-state index is -0.163. The number of rotatable bonds is 2. The predicted octanol–water partition coefficient (Wildman–Crippen LogP) is 6.17. The van der Waals surface area contributed by atoms with Gasteiger partial charge in [0, 0.05) is 27.6 Å². The first-order valence-electron chi connectivity index (χ1n) is 10.5. The number of carbonyl (C=O) groups excluding carboxylic acids is 2. The molecule has 0 radical (unpaired) electrons. The van der Waals surface area contributed by atoms with Gasteiger partial charge < -0.3 is 4.57 Å². The maximum Gasteiger partial charge on any atom is 0.186 e. The van der Waals surface area contributed by atoms with E-state index in [2.05, 4.69) is 67.8 Å². The smallest absolute Gasteiger partial charge is 0.186 e. The third kappa shape index (κ3) is 3.14. The van der Waals surface area contributed by atoms with Crippen LogP contribution in [0.5, 0.6) is 0 Å². The van der Waals surface area contributed by atoms with Gasteiger partial charge in [0.25, 0.3) is 0 Å². The molecule has 3 aromatic carbocycles. The Hall–Kier alpha value is -3.72. The van der Waals surface area contributed by atoms with Crippen molar-refractivity contribution in [1.82, 2.24) is 4.57 Å². The monoisotopic (exact) mass is 405 g/mol. The number of nitrogens with zero attached hydrogens (tertiary/aromatic N) is 1. The van der Waals surface area contributed by atoms with Gasteiger partial charge in [-0.2, -0.15) is 0 Å². The largest absolute Gasteiger partial charge is 0.309 e. The molecule has 4 aromatic rings. The maximum absolute atomic E-state index is 12.7. The minimum Gasteiger partial charge on any atom is -0.309 e. The second kappa shape index (κ2) is 6.92. The number of allylic oxidation sites excluding steroid dienone is 4. The molecule has 1 heterocycles. The van der Waals surface area contributed by atoms with Crippen molar-refractivity contribution in [3.05, 3.63) is 96.1 Å². The zero-order valence-corrected chi connectivity index (χ0v) is 17.8. The summed E-state index contributed by atoms with van der Waals surface area (Å²) in [5, 5.41) is 2.17. The lowest BCUT2D eigenvalue weighted by atomic mass is 9.87. The number of hydrogen-bond acceptors (Lipinski definition) is 2. The number of hydrogen-bond donors (Lipinski definition) is 0. The predicted molar refractivity (Wildman–Crippen MR) is 127 cm³/mol. The zero-order chi connectivity index (χ0) is 21.8. The zero-order valence-electron chi connectivity index (χ0n) is 17.8. The van der Waals surface area contributed by atoms with Crippen LogP contribution in [0.2, 0.25) is 0 Å². The van der Waals surface area contributed by atoms with E-state index in [0.717, 1.165) is 33.1 Å². The average Bonchev–Trinajstić information content (AvgIpc) is 3.10. The van der Waals surface area contributed by atoms with Gasteiger partial charge in [-0.05, 0) is 47.4 Å². The van der Waals surface area contributed by atoms with Crippen LogP contribution in [0.3, 0.4) is 0 Å². The number of benzene rings is 3. The van der Waals surface area contributed by atoms with E-state index in [0.29, 0.717) is 5.57 Å². The van der Waals surface area contributed by atoms with Crippen molar-refractivity contribution in [3.8, 4) is 5.69 Å². The Bertz CT molecular complexity index is 1420. The molecule has 0 unspecified atom stereocenters. The van der Waals surface area contributed by atoms with Gasteiger partial charge in [-0.25, -0.2) is 0 Å². The molecule has 3 nitrogen and oxygen atoms in total. The van der Waals surface area contributed by atoms with Crippen molar-refractivity contribution in [3.63, 3.8) is 0 Å². The molecular formula is C28H23NO2. The summed E-state index contributed by atoms with van der Waals surface area (Å²) in [7, 11) is 0. The lowest BCUT2D eigenvalue weighted by Gasteiger charge is -2.20. The van der Waals surface area contributed by atoms with Crippen LogP contribution in [-0.4, -0.2) is 16.1 Å². The van der Waals surface area contributed by atoms with Crippen molar-refractivity contribution < 1.29 is 9.59 Å². The van der Waals surface area contributed by atoms with Crippen molar-refractivity contribution >= 4 is 38.9 Å². The second-order valence-corrected chi connectivity index (χ2v) is 9.01. The summed E-state index contributed by atoms with van der Waals surface area (Å²) in [4.78, 5) is 24.8. The van der Waals surface area contributed by atoms with Crippen LogP contribution in [0.25, 0.3) is 33.1 Å². The van der Waals surface area contributed by atoms with Gasteiger partial charge in [0.2, 0.25) is 0 Å². The summed E-state index contributed by atoms with van der Waals surface area (Å²) in [6.07, 6.45) is 4.14. The molecule has 31 heavy (non-hydrogen) atoms. The fourth-order valence-corrected chi connectivity index (χ4v) is 4.33. The Morgan fingerprint density at radius 1 is 0.742 bits per heavy atom. The first-order valence-corrected chi connectivity index (χ1v) is 10.5. The maximum atomic E-state index is 12.7. The quantitative estimate of drug-likeness (QED) is 0.374. The summed E-state index contributed by atoms with van der Waals surface area (Å²) in [5.41, 5.74) is 5.57. The van der Waals surface area contributed by atoms with Crippen LogP contribution in [0.1, 0.15) is 31.9 Å². The highest BCUT2D eigenvalue weighted by atomic mass is 16.1. The van der Waals surface area contributed by atoms with E-state index in [1.54, 1.807) is 0 Å². The lowest BCUT2D eigenvalue weighted by molar-refractivity contribution is -0.113. The van der Waals surface area contributed by atoms with E-state index in [1.807, 2.05) is 24.3 Å². The fraction of sp³-hybridized carbons (Fsp3) is 0.143. The molecule has 1 aliphatic carbocycles. The normalized spacial score (nSPS) is 14.5. The molecule has 3 heteroatoms. The topological polar surface area (TPSA) is 39.1 Å². The molecule has 0 atom stereocenters. The summed E-state index contributed by atoms with van der Waals surface area (Å²) in [6.45, 7) is 6.60. The number of aromatic nitrogens is 1. The third-order valence-electron chi connectivity index (χ3n) is 5.93. The minimum absolute atomic E-state index is 0.0660. The van der Waals surface area contributed by atoms with E-state index in [4.69, 9.17) is 0 Å². The van der Waals surface area contributed by atoms with E-state index >= 15 is 0 Å². The van der Waals surface area contributed by atoms with Gasteiger partial charge in [0.05, 0.1) is 11.0 Å². The van der Waals surface area contributed by atoms with E-state index in [1.165, 1.54) is 23.8 Å². The Labute approximate surface area is 181 Å². The summed E-state index contributed by atoms with van der Waals surface area (Å²) < 4.78 is 2.20. The van der Waals surface area contributed by atoms with E-state index in [-0.39, 0.29) is 17.0 Å². The molecule has 0 fully saturated rings. The van der Waals surface area contributed by atoms with Crippen LogP contribution in [-0.2, 0) is 15.0 Å². The van der Waals surface area contributed by atoms with Gasteiger partial charge in [-0.15, -0.1) is 0 Å². The van der Waals surface area contributed by atoms with Gasteiger partial charge >= 0.3 is 0 Å². The highest BCUT2D eigenvalue weighted by molar-refractivity contribution is 6.36. The van der Waals surface area contributed by atoms with Crippen molar-refractivity contribution in [2.24, 2.45) is 0 Å². The van der Waals surface area contributed by atoms with Gasteiger partial charge in [-0.1, -0.05) is 69.3 Å². The van der Waals surface area contributed by atoms with Gasteiger partial charge in [0.15, 0.2) is 11.6 Å². The first kappa shape index (κ1) is 19.3. The first-order chi connectivity index (χ1) is 14.8. The highest BCUT2D eigenvalue weighted by Crippen LogP contribution is 2.37. The molecular weight excluding hydrogens is 382 g/mol. The molecule has 0 bridgehead atoms. The average molecular weight is 405 g/mol. The van der Waals surface area contributed by atoms with Crippen molar-refractivity contribution in [2.75, 3.05) is 0 Å². The third-order valence-corrected chi connectivity index (χ3v) is 5.93. The fourth-order valence-electron chi connectivity index (χ4n) is 4.33. The SMILES string of the molecule is CC(C)(C)c1ccc(-n2c3ccccc3c3cccc(C4=CC(=O)C=CC4=O)c32)cc1. The van der Waals surface area contributed by atoms with Gasteiger partial charge in [0.1, 0.15) is 0 Å². The Kier molecular flexibility index (Phi) is 4.30. The van der Waals surface area contributed by atoms with Gasteiger partial charge in [-0.3, -0.25) is 9.59 Å². The number of para-hydroxylation sites is 2. The molecule has 1 aliphatic rings. The molecule has 1 aromatic heterocycles. The number of fused-ring (bicyclic) bond motifs is 3. The van der Waals surface area contributed by atoms with Crippen LogP contribution in [0.4, 0.5) is 0 Å². The van der Waals surface area contributed by atoms with E-state index < -0.39 is 0 Å². The summed E-state index contributed by atoms with van der Waals surface area (Å²) in [5.74, 6) is -0.309. The Balaban J connectivity index is 1.85. The highest BCUT2D eigenvalue weighted by Gasteiger charge is 2.22. The standard InChI is InChI=1S/C28H23NO2/c1-28(2,3)18-11-13-19(14-12-18)29-25-10-5-4-7-21(25)22-8-6-9-23(27(22)29)24-17-20(30)15-16-26(24)31/h4-17H,1-3H3. The van der Waals surface area contributed by atoms with Crippen LogP contribution in [0.15, 0.2) is 85.0 Å². The van der Waals surface area contributed by atoms with Crippen LogP contribution < -0.4 is 0 Å². The molecule has 0 aliphatic heterocycles. The van der Waals surface area contributed by atoms with Crippen LogP contribution in [0, 0.1) is 0 Å².